The van der Waals surface area contributed by atoms with Gasteiger partial charge in [-0.2, -0.15) is 5.26 Å². The Morgan fingerprint density at radius 3 is 2.80 bits per heavy atom. The maximum absolute atomic E-state index is 8.84. The maximum Gasteiger partial charge on any atom is 0.120 e. The maximum atomic E-state index is 8.84. The minimum atomic E-state index is 0.657. The van der Waals surface area contributed by atoms with Gasteiger partial charge in [0.2, 0.25) is 0 Å². The van der Waals surface area contributed by atoms with E-state index in [1.54, 1.807) is 12.1 Å². The van der Waals surface area contributed by atoms with Gasteiger partial charge in [0, 0.05) is 12.6 Å². The third kappa shape index (κ3) is 4.86. The largest absolute Gasteiger partial charge is 0.494 e. The quantitative estimate of drug-likeness (QED) is 0.644. The third-order valence-corrected chi connectivity index (χ3v) is 3.68. The van der Waals surface area contributed by atoms with Gasteiger partial charge < -0.3 is 9.64 Å². The Labute approximate surface area is 122 Å². The van der Waals surface area contributed by atoms with Crippen molar-refractivity contribution < 1.29 is 4.74 Å². The molecule has 1 aromatic rings. The average molecular weight is 272 g/mol. The van der Waals surface area contributed by atoms with Crippen LogP contribution in [0.2, 0.25) is 0 Å². The predicted molar refractivity (Wildman–Crippen MR) is 80.8 cm³/mol. The Balaban J connectivity index is 1.68. The Kier molecular flexibility index (Phi) is 5.88. The van der Waals surface area contributed by atoms with Crippen molar-refractivity contribution in [3.8, 4) is 11.8 Å². The molecule has 0 heterocycles. The van der Waals surface area contributed by atoms with Crippen LogP contribution in [0, 0.1) is 11.3 Å². The molecule has 0 N–H and O–H groups in total. The van der Waals surface area contributed by atoms with Crippen molar-refractivity contribution in [1.29, 1.82) is 5.26 Å². The van der Waals surface area contributed by atoms with E-state index in [-0.39, 0.29) is 0 Å². The van der Waals surface area contributed by atoms with E-state index < -0.39 is 0 Å². The number of nitrogens with zero attached hydrogens (tertiary/aromatic N) is 2. The molecule has 0 spiro atoms. The van der Waals surface area contributed by atoms with Gasteiger partial charge in [-0.05, 0) is 50.4 Å². The fourth-order valence-corrected chi connectivity index (χ4v) is 2.39. The summed E-state index contributed by atoms with van der Waals surface area (Å²) in [6.45, 7) is 5.33. The fourth-order valence-electron chi connectivity index (χ4n) is 2.39. The van der Waals surface area contributed by atoms with E-state index >= 15 is 0 Å². The van der Waals surface area contributed by atoms with E-state index in [0.29, 0.717) is 5.56 Å². The highest BCUT2D eigenvalue weighted by Crippen LogP contribution is 2.27. The van der Waals surface area contributed by atoms with Gasteiger partial charge >= 0.3 is 0 Å². The third-order valence-electron chi connectivity index (χ3n) is 3.68. The lowest BCUT2D eigenvalue weighted by Crippen LogP contribution is -2.29. The predicted octanol–water partition coefficient (Wildman–Crippen LogP) is 3.59. The first-order chi connectivity index (χ1) is 9.83. The van der Waals surface area contributed by atoms with Crippen molar-refractivity contribution in [1.82, 2.24) is 4.90 Å². The molecule has 20 heavy (non-hydrogen) atoms. The van der Waals surface area contributed by atoms with Gasteiger partial charge in [0.05, 0.1) is 18.2 Å². The van der Waals surface area contributed by atoms with Gasteiger partial charge in [-0.15, -0.1) is 0 Å². The van der Waals surface area contributed by atoms with Crippen LogP contribution in [0.4, 0.5) is 0 Å². The normalized spacial score (nSPS) is 14.2. The molecule has 0 amide bonds. The standard InChI is InChI=1S/C17H24N2O/c1-2-3-10-19(16-8-9-16)11-5-12-20-17-7-4-6-15(13-17)14-18/h4,6-7,13,16H,2-3,5,8-12H2,1H3. The van der Waals surface area contributed by atoms with Crippen LogP contribution in [-0.4, -0.2) is 30.6 Å². The molecule has 0 atom stereocenters. The molecule has 1 fully saturated rings. The molecule has 0 bridgehead atoms. The number of rotatable bonds is 9. The molecule has 108 valence electrons. The van der Waals surface area contributed by atoms with Gasteiger partial charge in [-0.3, -0.25) is 0 Å². The summed E-state index contributed by atoms with van der Waals surface area (Å²) in [6, 6.07) is 10.4. The van der Waals surface area contributed by atoms with Crippen LogP contribution in [0.3, 0.4) is 0 Å². The second-order valence-corrected chi connectivity index (χ2v) is 5.46. The van der Waals surface area contributed by atoms with Crippen LogP contribution in [-0.2, 0) is 0 Å². The summed E-state index contributed by atoms with van der Waals surface area (Å²) in [7, 11) is 0. The Hall–Kier alpha value is -1.53. The van der Waals surface area contributed by atoms with Gasteiger partial charge in [-0.1, -0.05) is 19.4 Å². The minimum absolute atomic E-state index is 0.657. The molecule has 1 saturated carbocycles. The highest BCUT2D eigenvalue weighted by Gasteiger charge is 2.27. The molecule has 2 rings (SSSR count). The van der Waals surface area contributed by atoms with Crippen molar-refractivity contribution >= 4 is 0 Å². The van der Waals surface area contributed by atoms with Crippen molar-refractivity contribution in [2.75, 3.05) is 19.7 Å². The number of hydrogen-bond donors (Lipinski definition) is 0. The zero-order chi connectivity index (χ0) is 14.2. The van der Waals surface area contributed by atoms with Crippen LogP contribution < -0.4 is 4.74 Å². The smallest absolute Gasteiger partial charge is 0.120 e. The SMILES string of the molecule is CCCCN(CCCOc1cccc(C#N)c1)C1CC1. The molecule has 3 heteroatoms. The number of hydrogen-bond acceptors (Lipinski definition) is 3. The summed E-state index contributed by atoms with van der Waals surface area (Å²) in [6.07, 6.45) is 6.35. The summed E-state index contributed by atoms with van der Waals surface area (Å²) >= 11 is 0. The van der Waals surface area contributed by atoms with E-state index in [1.165, 1.54) is 32.2 Å². The van der Waals surface area contributed by atoms with Crippen LogP contribution >= 0.6 is 0 Å². The number of nitriles is 1. The molecule has 1 aliphatic carbocycles. The molecule has 0 saturated heterocycles. The van der Waals surface area contributed by atoms with Gasteiger partial charge in [-0.25, -0.2) is 0 Å². The van der Waals surface area contributed by atoms with Crippen LogP contribution in [0.15, 0.2) is 24.3 Å². The van der Waals surface area contributed by atoms with Crippen molar-refractivity contribution in [2.24, 2.45) is 0 Å². The Morgan fingerprint density at radius 2 is 2.10 bits per heavy atom. The van der Waals surface area contributed by atoms with Crippen LogP contribution in [0.25, 0.3) is 0 Å². The van der Waals surface area contributed by atoms with E-state index in [1.807, 2.05) is 12.1 Å². The van der Waals surface area contributed by atoms with Crippen LogP contribution in [0.5, 0.6) is 5.75 Å². The van der Waals surface area contributed by atoms with Crippen molar-refractivity contribution in [3.05, 3.63) is 29.8 Å². The zero-order valence-corrected chi connectivity index (χ0v) is 12.3. The molecule has 3 nitrogen and oxygen atoms in total. The van der Waals surface area contributed by atoms with E-state index in [2.05, 4.69) is 17.9 Å². The van der Waals surface area contributed by atoms with E-state index in [9.17, 15) is 0 Å². The zero-order valence-electron chi connectivity index (χ0n) is 12.3. The van der Waals surface area contributed by atoms with E-state index in [4.69, 9.17) is 10.00 Å². The number of benzene rings is 1. The summed E-state index contributed by atoms with van der Waals surface area (Å²) in [5, 5.41) is 8.84. The highest BCUT2D eigenvalue weighted by molar-refractivity contribution is 5.36. The molecule has 0 unspecified atom stereocenters. The lowest BCUT2D eigenvalue weighted by atomic mass is 10.2. The second kappa shape index (κ2) is 7.91. The monoisotopic (exact) mass is 272 g/mol. The fraction of sp³-hybridized carbons (Fsp3) is 0.588. The lowest BCUT2D eigenvalue weighted by Gasteiger charge is -2.21. The first-order valence-electron chi connectivity index (χ1n) is 7.70. The number of ether oxygens (including phenoxy) is 1. The molecule has 0 aromatic heterocycles. The van der Waals surface area contributed by atoms with Crippen LogP contribution in [0.1, 0.15) is 44.6 Å². The molecule has 0 aliphatic heterocycles. The summed E-state index contributed by atoms with van der Waals surface area (Å²) in [4.78, 5) is 2.61. The lowest BCUT2D eigenvalue weighted by molar-refractivity contribution is 0.224. The topological polar surface area (TPSA) is 36.3 Å². The minimum Gasteiger partial charge on any atom is -0.494 e. The van der Waals surface area contributed by atoms with Gasteiger partial charge in [0.15, 0.2) is 0 Å². The molecule has 1 aliphatic rings. The number of unbranched alkanes of at least 4 members (excludes halogenated alkanes) is 1. The first-order valence-corrected chi connectivity index (χ1v) is 7.70. The van der Waals surface area contributed by atoms with Crippen molar-refractivity contribution in [2.45, 2.75) is 45.1 Å². The Bertz CT molecular complexity index is 449. The second-order valence-electron chi connectivity index (χ2n) is 5.46. The average Bonchev–Trinajstić information content (AvgIpc) is 3.31. The van der Waals surface area contributed by atoms with Crippen molar-refractivity contribution in [3.63, 3.8) is 0 Å². The summed E-state index contributed by atoms with van der Waals surface area (Å²) in [5.74, 6) is 0.801. The van der Waals surface area contributed by atoms with E-state index in [0.717, 1.165) is 31.4 Å². The summed E-state index contributed by atoms with van der Waals surface area (Å²) in [5.41, 5.74) is 0.657. The highest BCUT2D eigenvalue weighted by atomic mass is 16.5. The summed E-state index contributed by atoms with van der Waals surface area (Å²) < 4.78 is 5.73. The Morgan fingerprint density at radius 1 is 1.30 bits per heavy atom. The first kappa shape index (κ1) is 14.9. The molecular formula is C17H24N2O. The van der Waals surface area contributed by atoms with Gasteiger partial charge in [0.1, 0.15) is 5.75 Å². The van der Waals surface area contributed by atoms with Gasteiger partial charge in [0.25, 0.3) is 0 Å². The molecule has 1 aromatic carbocycles. The molecule has 0 radical (unpaired) electrons. The molecular weight excluding hydrogens is 248 g/mol.